The number of hydrogen-bond acceptors (Lipinski definition) is 7. The first kappa shape index (κ1) is 30.1. The maximum Gasteiger partial charge on any atom is 0.303 e. The molecule has 0 amide bonds. The Kier molecular flexibility index (Phi) is 8.90. The van der Waals surface area contributed by atoms with Crippen LogP contribution in [0.15, 0.2) is 11.6 Å². The molecule has 4 aliphatic rings. The second kappa shape index (κ2) is 11.5. The second-order valence-electron chi connectivity index (χ2n) is 13.7. The molecular formula is C32H50O7. The average molecular weight is 547 g/mol. The van der Waals surface area contributed by atoms with Gasteiger partial charge in [0.1, 0.15) is 17.8 Å². The number of aliphatic hydroxyl groups excluding tert-OH is 1. The van der Waals surface area contributed by atoms with Gasteiger partial charge in [-0.05, 0) is 67.6 Å². The van der Waals surface area contributed by atoms with Crippen LogP contribution in [0.5, 0.6) is 0 Å². The third-order valence-electron chi connectivity index (χ3n) is 10.7. The van der Waals surface area contributed by atoms with Gasteiger partial charge in [-0.15, -0.1) is 0 Å². The van der Waals surface area contributed by atoms with Crippen LogP contribution in [0.1, 0.15) is 106 Å². The minimum atomic E-state index is -0.690. The number of hydrogen-bond donors (Lipinski definition) is 1. The van der Waals surface area contributed by atoms with E-state index in [0.29, 0.717) is 31.1 Å². The lowest BCUT2D eigenvalue weighted by atomic mass is 9.48. The van der Waals surface area contributed by atoms with E-state index in [-0.39, 0.29) is 53.1 Å². The molecule has 0 aromatic rings. The molecule has 7 heteroatoms. The summed E-state index contributed by atoms with van der Waals surface area (Å²) in [5, 5.41) is 10.8. The number of fused-ring (bicyclic) bond motifs is 5. The van der Waals surface area contributed by atoms with Gasteiger partial charge < -0.3 is 19.3 Å². The topological polar surface area (TPSA) is 99.1 Å². The van der Waals surface area contributed by atoms with Gasteiger partial charge in [-0.2, -0.15) is 0 Å². The van der Waals surface area contributed by atoms with Crippen LogP contribution >= 0.6 is 0 Å². The summed E-state index contributed by atoms with van der Waals surface area (Å²) in [4.78, 5) is 36.7. The zero-order valence-electron chi connectivity index (χ0n) is 25.0. The molecule has 0 aromatic carbocycles. The quantitative estimate of drug-likeness (QED) is 0.234. The van der Waals surface area contributed by atoms with Crippen LogP contribution in [0.4, 0.5) is 0 Å². The highest BCUT2D eigenvalue weighted by Gasteiger charge is 2.67. The molecule has 0 radical (unpaired) electrons. The van der Waals surface area contributed by atoms with Crippen molar-refractivity contribution in [2.24, 2.45) is 40.9 Å². The van der Waals surface area contributed by atoms with Crippen LogP contribution in [0, 0.1) is 40.9 Å². The molecule has 0 aromatic heterocycles. The van der Waals surface area contributed by atoms with Crippen LogP contribution in [-0.2, 0) is 28.6 Å². The van der Waals surface area contributed by atoms with Crippen molar-refractivity contribution in [3.63, 3.8) is 0 Å². The molecule has 4 rings (SSSR count). The van der Waals surface area contributed by atoms with Crippen molar-refractivity contribution in [2.45, 2.75) is 130 Å². The summed E-state index contributed by atoms with van der Waals surface area (Å²) in [6.45, 7) is 13.4. The van der Waals surface area contributed by atoms with E-state index in [9.17, 15) is 19.5 Å². The Bertz CT molecular complexity index is 972. The van der Waals surface area contributed by atoms with Gasteiger partial charge in [-0.3, -0.25) is 14.4 Å². The molecular weight excluding hydrogens is 496 g/mol. The molecule has 7 nitrogen and oxygen atoms in total. The first-order valence-electron chi connectivity index (χ1n) is 15.2. The van der Waals surface area contributed by atoms with Gasteiger partial charge in [0.05, 0.1) is 6.10 Å². The summed E-state index contributed by atoms with van der Waals surface area (Å²) in [5.41, 5.74) is 0.394. The summed E-state index contributed by atoms with van der Waals surface area (Å²) in [7, 11) is 0. The van der Waals surface area contributed by atoms with Gasteiger partial charge in [-0.1, -0.05) is 58.6 Å². The van der Waals surface area contributed by atoms with E-state index in [0.717, 1.165) is 38.5 Å². The number of esters is 3. The van der Waals surface area contributed by atoms with Crippen LogP contribution in [-0.4, -0.2) is 46.9 Å². The van der Waals surface area contributed by atoms with E-state index in [1.54, 1.807) is 0 Å². The molecule has 4 aliphatic carbocycles. The fraction of sp³-hybridized carbons (Fsp3) is 0.844. The summed E-state index contributed by atoms with van der Waals surface area (Å²) >= 11 is 0. The molecule has 0 spiro atoms. The Morgan fingerprint density at radius 2 is 1.67 bits per heavy atom. The average Bonchev–Trinajstić information content (AvgIpc) is 3.11. The van der Waals surface area contributed by atoms with E-state index in [1.165, 1.54) is 26.3 Å². The van der Waals surface area contributed by atoms with Crippen LogP contribution in [0.2, 0.25) is 0 Å². The van der Waals surface area contributed by atoms with Crippen molar-refractivity contribution in [3.05, 3.63) is 11.6 Å². The lowest BCUT2D eigenvalue weighted by Gasteiger charge is -2.58. The monoisotopic (exact) mass is 546 g/mol. The van der Waals surface area contributed by atoms with Crippen LogP contribution in [0.25, 0.3) is 0 Å². The third kappa shape index (κ3) is 5.80. The van der Waals surface area contributed by atoms with Gasteiger partial charge in [0, 0.05) is 32.6 Å². The standard InChI is InChI=1S/C32H50O7/c1-18(2)9-8-10-19(3)30-28(37-20(4)33)16-26-24-12-11-23-15-27(36)29(38-21(5)34)17-31(23,7)25(24)13-14-32(26,30)39-22(6)35/h11,18-19,24-30,36H,8-10,12-17H2,1-7H3/t19?,24?,25?,26?,27-,28-,29+,30-,31-,32+/m0/s1. The third-order valence-corrected chi connectivity index (χ3v) is 10.7. The number of allylic oxidation sites excluding steroid dienone is 1. The van der Waals surface area contributed by atoms with Crippen LogP contribution < -0.4 is 0 Å². The number of aliphatic hydroxyl groups is 1. The molecule has 0 saturated heterocycles. The van der Waals surface area contributed by atoms with Crippen molar-refractivity contribution in [1.82, 2.24) is 0 Å². The fourth-order valence-corrected chi connectivity index (χ4v) is 9.31. The first-order valence-corrected chi connectivity index (χ1v) is 15.2. The Morgan fingerprint density at radius 1 is 1.00 bits per heavy atom. The summed E-state index contributed by atoms with van der Waals surface area (Å²) < 4.78 is 18.0. The van der Waals surface area contributed by atoms with E-state index in [1.807, 2.05) is 0 Å². The van der Waals surface area contributed by atoms with Gasteiger partial charge in [0.25, 0.3) is 0 Å². The second-order valence-corrected chi connectivity index (χ2v) is 13.7. The smallest absolute Gasteiger partial charge is 0.303 e. The van der Waals surface area contributed by atoms with E-state index in [2.05, 4.69) is 33.8 Å². The Labute approximate surface area is 234 Å². The molecule has 1 N–H and O–H groups in total. The lowest BCUT2D eigenvalue weighted by Crippen LogP contribution is -2.58. The van der Waals surface area contributed by atoms with Gasteiger partial charge in [0.15, 0.2) is 0 Å². The summed E-state index contributed by atoms with van der Waals surface area (Å²) in [6.07, 6.45) is 8.33. The summed E-state index contributed by atoms with van der Waals surface area (Å²) in [6, 6.07) is 0. The van der Waals surface area contributed by atoms with Crippen molar-refractivity contribution >= 4 is 17.9 Å². The van der Waals surface area contributed by atoms with Crippen LogP contribution in [0.3, 0.4) is 0 Å². The molecule has 3 saturated carbocycles. The molecule has 0 heterocycles. The molecule has 0 bridgehead atoms. The Balaban J connectivity index is 1.69. The number of rotatable bonds is 8. The fourth-order valence-electron chi connectivity index (χ4n) is 9.31. The molecule has 4 unspecified atom stereocenters. The SMILES string of the molecule is CC(=O)O[C@H]1CC2C3CC=C4C[C@H](O)[C@H](OC(C)=O)C[C@]4(C)C3CC[C@]2(OC(C)=O)[C@H]1C(C)CCCC(C)C. The Morgan fingerprint density at radius 3 is 2.28 bits per heavy atom. The van der Waals surface area contributed by atoms with E-state index < -0.39 is 17.8 Å². The number of ether oxygens (including phenoxy) is 3. The number of carbonyl (C=O) groups is 3. The highest BCUT2D eigenvalue weighted by atomic mass is 16.6. The highest BCUT2D eigenvalue weighted by Crippen LogP contribution is 2.66. The van der Waals surface area contributed by atoms with E-state index in [4.69, 9.17) is 14.2 Å². The maximum atomic E-state index is 12.7. The van der Waals surface area contributed by atoms with Gasteiger partial charge in [-0.25, -0.2) is 0 Å². The zero-order valence-corrected chi connectivity index (χ0v) is 25.0. The normalized spacial score (nSPS) is 40.0. The maximum absolute atomic E-state index is 12.7. The van der Waals surface area contributed by atoms with Gasteiger partial charge >= 0.3 is 17.9 Å². The van der Waals surface area contributed by atoms with Crippen molar-refractivity contribution in [3.8, 4) is 0 Å². The highest BCUT2D eigenvalue weighted by molar-refractivity contribution is 5.67. The predicted octanol–water partition coefficient (Wildman–Crippen LogP) is 5.77. The van der Waals surface area contributed by atoms with Crippen molar-refractivity contribution in [1.29, 1.82) is 0 Å². The first-order chi connectivity index (χ1) is 18.3. The summed E-state index contributed by atoms with van der Waals surface area (Å²) in [5.74, 6) is 0.567. The lowest BCUT2D eigenvalue weighted by molar-refractivity contribution is -0.193. The van der Waals surface area contributed by atoms with Crippen molar-refractivity contribution in [2.75, 3.05) is 0 Å². The van der Waals surface area contributed by atoms with E-state index >= 15 is 0 Å². The molecule has 3 fully saturated rings. The largest absolute Gasteiger partial charge is 0.462 e. The predicted molar refractivity (Wildman–Crippen MR) is 147 cm³/mol. The minimum absolute atomic E-state index is 0.0384. The Hall–Kier alpha value is -1.89. The number of carbonyl (C=O) groups excluding carboxylic acids is 3. The van der Waals surface area contributed by atoms with Gasteiger partial charge in [0.2, 0.25) is 0 Å². The minimum Gasteiger partial charge on any atom is -0.462 e. The molecule has 39 heavy (non-hydrogen) atoms. The molecule has 0 aliphatic heterocycles. The molecule has 220 valence electrons. The van der Waals surface area contributed by atoms with Crippen molar-refractivity contribution < 1.29 is 33.7 Å². The zero-order chi connectivity index (χ0) is 28.7. The molecule has 10 atom stereocenters.